The minimum Gasteiger partial charge on any atom is -0.283 e. The van der Waals surface area contributed by atoms with Crippen LogP contribution in [-0.4, -0.2) is 12.7 Å². The molecule has 1 aliphatic heterocycles. The Morgan fingerprint density at radius 1 is 1.57 bits per heavy atom. The predicted molar refractivity (Wildman–Crippen MR) is 52.8 cm³/mol. The van der Waals surface area contributed by atoms with Crippen LogP contribution in [0.25, 0.3) is 0 Å². The summed E-state index contributed by atoms with van der Waals surface area (Å²) >= 11 is 0. The van der Waals surface area contributed by atoms with E-state index in [1.165, 1.54) is 0 Å². The van der Waals surface area contributed by atoms with Crippen molar-refractivity contribution in [2.24, 2.45) is 5.41 Å². The molecule has 1 rings (SSSR count). The second kappa shape index (κ2) is 4.30. The van der Waals surface area contributed by atoms with E-state index >= 15 is 0 Å². The van der Waals surface area contributed by atoms with Crippen LogP contribution >= 0.6 is 7.91 Å². The van der Waals surface area contributed by atoms with Crippen molar-refractivity contribution >= 4 is 7.91 Å². The highest BCUT2D eigenvalue weighted by molar-refractivity contribution is 7.48. The first-order valence-corrected chi connectivity index (χ1v) is 6.52. The van der Waals surface area contributed by atoms with Gasteiger partial charge in [0, 0.05) is 5.41 Å². The summed E-state index contributed by atoms with van der Waals surface area (Å²) in [7, 11) is -4.26. The summed E-state index contributed by atoms with van der Waals surface area (Å²) in [4.78, 5) is 0. The van der Waals surface area contributed by atoms with E-state index in [1.807, 2.05) is 6.92 Å². The van der Waals surface area contributed by atoms with Crippen molar-refractivity contribution in [3.63, 3.8) is 0 Å². The summed E-state index contributed by atoms with van der Waals surface area (Å²) < 4.78 is 33.4. The normalized spacial score (nSPS) is 43.9. The summed E-state index contributed by atoms with van der Waals surface area (Å²) in [6, 6.07) is 0. The highest BCUT2D eigenvalue weighted by atomic mass is 31.2. The average Bonchev–Trinajstić information content (AvgIpc) is 2.10. The minimum atomic E-state index is -4.26. The Balaban J connectivity index is 2.76. The van der Waals surface area contributed by atoms with Crippen molar-refractivity contribution in [2.75, 3.05) is 6.61 Å². The molecule has 5 heteroatoms. The van der Waals surface area contributed by atoms with Crippen molar-refractivity contribution in [1.29, 1.82) is 0 Å². The van der Waals surface area contributed by atoms with Crippen molar-refractivity contribution < 1.29 is 17.8 Å². The van der Waals surface area contributed by atoms with E-state index < -0.39 is 7.91 Å². The van der Waals surface area contributed by atoms with Crippen molar-refractivity contribution in [3.8, 4) is 0 Å². The molecule has 0 aromatic heterocycles. The molecule has 1 saturated heterocycles. The van der Waals surface area contributed by atoms with Gasteiger partial charge in [-0.1, -0.05) is 20.3 Å². The summed E-state index contributed by atoms with van der Waals surface area (Å²) in [5, 5.41) is 0. The van der Waals surface area contributed by atoms with Gasteiger partial charge in [-0.3, -0.25) is 9.05 Å². The van der Waals surface area contributed by atoms with E-state index in [0.29, 0.717) is 0 Å². The largest absolute Gasteiger partial charge is 0.513 e. The maximum absolute atomic E-state index is 13.0. The standard InChI is InChI=1S/C9H18FO3P/c1-4-6-9(5-2)7-12-14(10,11)13-8(9)3/h8H,4-7H2,1-3H3. The van der Waals surface area contributed by atoms with Crippen LogP contribution in [0.3, 0.4) is 0 Å². The van der Waals surface area contributed by atoms with Gasteiger partial charge < -0.3 is 0 Å². The Bertz CT molecular complexity index is 246. The molecule has 0 aromatic rings. The molecule has 0 radical (unpaired) electrons. The van der Waals surface area contributed by atoms with Crippen LogP contribution in [0.2, 0.25) is 0 Å². The van der Waals surface area contributed by atoms with E-state index in [9.17, 15) is 8.76 Å². The summed E-state index contributed by atoms with van der Waals surface area (Å²) in [6.07, 6.45) is 2.41. The monoisotopic (exact) mass is 224 g/mol. The molecule has 3 atom stereocenters. The minimum absolute atomic E-state index is 0.172. The molecular formula is C9H18FO3P. The van der Waals surface area contributed by atoms with Crippen LogP contribution in [0, 0.1) is 5.41 Å². The summed E-state index contributed by atoms with van der Waals surface area (Å²) in [6.45, 7) is 6.06. The zero-order valence-electron chi connectivity index (χ0n) is 8.96. The third-order valence-corrected chi connectivity index (χ3v) is 4.11. The molecule has 0 bridgehead atoms. The van der Waals surface area contributed by atoms with E-state index in [2.05, 4.69) is 11.4 Å². The van der Waals surface area contributed by atoms with Crippen molar-refractivity contribution in [3.05, 3.63) is 0 Å². The SMILES string of the molecule is CCCC1(CC)COP(=O)(F)OC1C. The van der Waals surface area contributed by atoms with Gasteiger partial charge in [-0.2, -0.15) is 0 Å². The number of hydrogen-bond donors (Lipinski definition) is 0. The molecule has 1 fully saturated rings. The maximum atomic E-state index is 13.0. The van der Waals surface area contributed by atoms with Gasteiger partial charge in [-0.05, 0) is 19.8 Å². The van der Waals surface area contributed by atoms with Crippen LogP contribution in [-0.2, 0) is 13.6 Å². The van der Waals surface area contributed by atoms with Crippen LogP contribution < -0.4 is 0 Å². The number of hydrogen-bond acceptors (Lipinski definition) is 3. The van der Waals surface area contributed by atoms with E-state index in [-0.39, 0.29) is 18.1 Å². The highest BCUT2D eigenvalue weighted by Gasteiger charge is 2.46. The third-order valence-electron chi connectivity index (χ3n) is 3.10. The first-order valence-electron chi connectivity index (χ1n) is 5.08. The van der Waals surface area contributed by atoms with Crippen molar-refractivity contribution in [1.82, 2.24) is 0 Å². The zero-order chi connectivity index (χ0) is 10.8. The molecule has 3 nitrogen and oxygen atoms in total. The molecule has 0 aliphatic carbocycles. The Hall–Kier alpha value is 0.0800. The van der Waals surface area contributed by atoms with Gasteiger partial charge in [0.2, 0.25) is 0 Å². The molecule has 1 aliphatic rings. The quantitative estimate of drug-likeness (QED) is 0.686. The summed E-state index contributed by atoms with van der Waals surface area (Å²) in [5.41, 5.74) is -0.172. The lowest BCUT2D eigenvalue weighted by Crippen LogP contribution is -2.41. The van der Waals surface area contributed by atoms with Crippen LogP contribution in [0.15, 0.2) is 0 Å². The fraction of sp³-hybridized carbons (Fsp3) is 1.00. The van der Waals surface area contributed by atoms with E-state index in [1.54, 1.807) is 6.92 Å². The Morgan fingerprint density at radius 3 is 2.64 bits per heavy atom. The molecule has 0 N–H and O–H groups in total. The van der Waals surface area contributed by atoms with Crippen LogP contribution in [0.1, 0.15) is 40.0 Å². The number of rotatable bonds is 3. The zero-order valence-corrected chi connectivity index (χ0v) is 9.85. The predicted octanol–water partition coefficient (Wildman–Crippen LogP) is 3.70. The molecule has 0 saturated carbocycles. The lowest BCUT2D eigenvalue weighted by atomic mass is 9.77. The first-order chi connectivity index (χ1) is 6.46. The van der Waals surface area contributed by atoms with Gasteiger partial charge in [0.1, 0.15) is 0 Å². The first kappa shape index (κ1) is 12.2. The van der Waals surface area contributed by atoms with Crippen LogP contribution in [0.4, 0.5) is 4.20 Å². The van der Waals surface area contributed by atoms with Gasteiger partial charge in [-0.25, -0.2) is 4.57 Å². The topological polar surface area (TPSA) is 35.5 Å². The second-order valence-corrected chi connectivity index (χ2v) is 5.25. The highest BCUT2D eigenvalue weighted by Crippen LogP contribution is 2.59. The fourth-order valence-electron chi connectivity index (χ4n) is 1.99. The molecule has 0 aromatic carbocycles. The third kappa shape index (κ3) is 2.36. The van der Waals surface area contributed by atoms with E-state index in [0.717, 1.165) is 19.3 Å². The maximum Gasteiger partial charge on any atom is 0.513 e. The molecule has 0 spiro atoms. The molecule has 3 unspecified atom stereocenters. The molecule has 1 heterocycles. The second-order valence-electron chi connectivity index (χ2n) is 3.92. The van der Waals surface area contributed by atoms with Crippen molar-refractivity contribution in [2.45, 2.75) is 46.1 Å². The smallest absolute Gasteiger partial charge is 0.283 e. The Labute approximate surface area is 84.6 Å². The molecule has 14 heavy (non-hydrogen) atoms. The molecule has 84 valence electrons. The van der Waals surface area contributed by atoms with Crippen LogP contribution in [0.5, 0.6) is 0 Å². The average molecular weight is 224 g/mol. The number of halogens is 1. The van der Waals surface area contributed by atoms with E-state index in [4.69, 9.17) is 4.52 Å². The van der Waals surface area contributed by atoms with Gasteiger partial charge in [0.05, 0.1) is 12.7 Å². The Kier molecular flexibility index (Phi) is 3.73. The Morgan fingerprint density at radius 2 is 2.21 bits per heavy atom. The molecular weight excluding hydrogens is 206 g/mol. The lowest BCUT2D eigenvalue weighted by Gasteiger charge is -2.41. The molecule has 0 amide bonds. The van der Waals surface area contributed by atoms with Gasteiger partial charge in [0.15, 0.2) is 0 Å². The fourth-order valence-corrected chi connectivity index (χ4v) is 3.07. The van der Waals surface area contributed by atoms with Gasteiger partial charge >= 0.3 is 7.91 Å². The van der Waals surface area contributed by atoms with Gasteiger partial charge in [0.25, 0.3) is 0 Å². The lowest BCUT2D eigenvalue weighted by molar-refractivity contribution is -0.0554. The van der Waals surface area contributed by atoms with Gasteiger partial charge in [-0.15, -0.1) is 4.20 Å². The summed E-state index contributed by atoms with van der Waals surface area (Å²) in [5.74, 6) is 0.